The first-order valence-electron chi connectivity index (χ1n) is 8.25. The minimum absolute atomic E-state index is 0.125. The van der Waals surface area contributed by atoms with Gasteiger partial charge in [-0.2, -0.15) is 0 Å². The van der Waals surface area contributed by atoms with Gasteiger partial charge < -0.3 is 10.0 Å². The highest BCUT2D eigenvalue weighted by molar-refractivity contribution is 5.79. The molecular formula is C18H23NO3. The molecule has 2 aliphatic rings. The Hall–Kier alpha value is -1.84. The molecule has 22 heavy (non-hydrogen) atoms. The van der Waals surface area contributed by atoms with Gasteiger partial charge in [-0.25, -0.2) is 0 Å². The van der Waals surface area contributed by atoms with Crippen molar-refractivity contribution in [1.29, 1.82) is 0 Å². The third-order valence-electron chi connectivity index (χ3n) is 4.97. The molecule has 0 atom stereocenters. The first-order chi connectivity index (χ1) is 10.6. The summed E-state index contributed by atoms with van der Waals surface area (Å²) >= 11 is 0. The zero-order chi connectivity index (χ0) is 15.5. The molecule has 3 rings (SSSR count). The number of carbonyl (C=O) groups is 2. The van der Waals surface area contributed by atoms with E-state index in [1.807, 2.05) is 4.90 Å². The second-order valence-electron chi connectivity index (χ2n) is 6.48. The van der Waals surface area contributed by atoms with Crippen LogP contribution in [0.1, 0.15) is 42.4 Å². The van der Waals surface area contributed by atoms with Gasteiger partial charge in [0.25, 0.3) is 0 Å². The molecule has 1 heterocycles. The van der Waals surface area contributed by atoms with Crippen molar-refractivity contribution >= 4 is 11.9 Å². The number of hydrogen-bond acceptors (Lipinski definition) is 2. The predicted molar refractivity (Wildman–Crippen MR) is 83.7 cm³/mol. The van der Waals surface area contributed by atoms with Crippen molar-refractivity contribution in [2.24, 2.45) is 5.92 Å². The van der Waals surface area contributed by atoms with Crippen LogP contribution < -0.4 is 0 Å². The topological polar surface area (TPSA) is 57.6 Å². The maximum Gasteiger partial charge on any atom is 0.306 e. The van der Waals surface area contributed by atoms with E-state index in [0.717, 1.165) is 18.4 Å². The van der Waals surface area contributed by atoms with Crippen molar-refractivity contribution in [3.8, 4) is 0 Å². The van der Waals surface area contributed by atoms with Crippen LogP contribution in [0.15, 0.2) is 18.2 Å². The second-order valence-corrected chi connectivity index (χ2v) is 6.48. The van der Waals surface area contributed by atoms with E-state index in [-0.39, 0.29) is 11.8 Å². The Balaban J connectivity index is 1.59. The number of rotatable bonds is 3. The molecule has 1 amide bonds. The largest absolute Gasteiger partial charge is 0.481 e. The Morgan fingerprint density at radius 1 is 1.09 bits per heavy atom. The van der Waals surface area contributed by atoms with Gasteiger partial charge in [-0.3, -0.25) is 9.59 Å². The number of likely N-dealkylation sites (tertiary alicyclic amines) is 1. The fourth-order valence-electron chi connectivity index (χ4n) is 3.56. The molecule has 1 saturated heterocycles. The quantitative estimate of drug-likeness (QED) is 0.933. The number of hydrogen-bond donors (Lipinski definition) is 1. The Morgan fingerprint density at radius 2 is 1.77 bits per heavy atom. The van der Waals surface area contributed by atoms with Crippen molar-refractivity contribution in [3.63, 3.8) is 0 Å². The SMILES string of the molecule is O=C(O)C1CCN(C(=O)Cc2ccc3c(c2)CCCC3)CC1. The van der Waals surface area contributed by atoms with E-state index in [9.17, 15) is 9.59 Å². The number of aliphatic carboxylic acids is 1. The lowest BCUT2D eigenvalue weighted by molar-refractivity contribution is -0.145. The van der Waals surface area contributed by atoms with Gasteiger partial charge in [0, 0.05) is 13.1 Å². The van der Waals surface area contributed by atoms with E-state index in [1.54, 1.807) is 0 Å². The zero-order valence-electron chi connectivity index (χ0n) is 12.9. The van der Waals surface area contributed by atoms with Crippen LogP contribution in [0.25, 0.3) is 0 Å². The Morgan fingerprint density at radius 3 is 2.45 bits per heavy atom. The zero-order valence-corrected chi connectivity index (χ0v) is 12.9. The lowest BCUT2D eigenvalue weighted by atomic mass is 9.90. The summed E-state index contributed by atoms with van der Waals surface area (Å²) in [4.78, 5) is 25.2. The lowest BCUT2D eigenvalue weighted by Crippen LogP contribution is -2.41. The predicted octanol–water partition coefficient (Wildman–Crippen LogP) is 2.43. The van der Waals surface area contributed by atoms with Crippen LogP contribution in [0.5, 0.6) is 0 Å². The molecule has 4 nitrogen and oxygen atoms in total. The number of nitrogens with zero attached hydrogens (tertiary/aromatic N) is 1. The molecular weight excluding hydrogens is 278 g/mol. The van der Waals surface area contributed by atoms with Gasteiger partial charge in [0.1, 0.15) is 0 Å². The second kappa shape index (κ2) is 6.51. The average molecular weight is 301 g/mol. The first-order valence-corrected chi connectivity index (χ1v) is 8.25. The van der Waals surface area contributed by atoms with Crippen molar-refractivity contribution in [3.05, 3.63) is 34.9 Å². The Bertz CT molecular complexity index is 574. The normalized spacial score (nSPS) is 18.8. The fraction of sp³-hybridized carbons (Fsp3) is 0.556. The van der Waals surface area contributed by atoms with Crippen molar-refractivity contribution in [2.45, 2.75) is 44.9 Å². The monoisotopic (exact) mass is 301 g/mol. The molecule has 0 spiro atoms. The highest BCUT2D eigenvalue weighted by Gasteiger charge is 2.26. The van der Waals surface area contributed by atoms with E-state index in [1.165, 1.54) is 24.0 Å². The van der Waals surface area contributed by atoms with Gasteiger partial charge in [0.15, 0.2) is 0 Å². The van der Waals surface area contributed by atoms with Gasteiger partial charge in [-0.05, 0) is 55.2 Å². The van der Waals surface area contributed by atoms with Gasteiger partial charge >= 0.3 is 5.97 Å². The molecule has 0 unspecified atom stereocenters. The maximum atomic E-state index is 12.4. The molecule has 4 heteroatoms. The van der Waals surface area contributed by atoms with E-state index in [4.69, 9.17) is 5.11 Å². The summed E-state index contributed by atoms with van der Waals surface area (Å²) < 4.78 is 0. The van der Waals surface area contributed by atoms with Gasteiger partial charge in [0.05, 0.1) is 12.3 Å². The standard InChI is InChI=1S/C18H23NO3/c20-17(19-9-7-15(8-10-19)18(21)22)12-13-5-6-14-3-1-2-4-16(14)11-13/h5-6,11,15H,1-4,7-10,12H2,(H,21,22). The first kappa shape index (κ1) is 15.1. The average Bonchev–Trinajstić information content (AvgIpc) is 2.55. The molecule has 1 aliphatic carbocycles. The fourth-order valence-corrected chi connectivity index (χ4v) is 3.56. The smallest absolute Gasteiger partial charge is 0.306 e. The van der Waals surface area contributed by atoms with Gasteiger partial charge in [-0.1, -0.05) is 18.2 Å². The number of amides is 1. The van der Waals surface area contributed by atoms with Crippen LogP contribution in [0.3, 0.4) is 0 Å². The van der Waals surface area contributed by atoms with Gasteiger partial charge in [0.2, 0.25) is 5.91 Å². The summed E-state index contributed by atoms with van der Waals surface area (Å²) in [5, 5.41) is 9.01. The molecule has 118 valence electrons. The number of benzene rings is 1. The number of carboxylic acid groups (broad SMARTS) is 1. The maximum absolute atomic E-state index is 12.4. The molecule has 0 radical (unpaired) electrons. The number of carbonyl (C=O) groups excluding carboxylic acids is 1. The molecule has 1 aromatic carbocycles. The van der Waals surface area contributed by atoms with Crippen LogP contribution in [0, 0.1) is 5.92 Å². The highest BCUT2D eigenvalue weighted by atomic mass is 16.4. The van der Waals surface area contributed by atoms with Crippen LogP contribution >= 0.6 is 0 Å². The summed E-state index contributed by atoms with van der Waals surface area (Å²) in [7, 11) is 0. The Kier molecular flexibility index (Phi) is 4.46. The molecule has 1 fully saturated rings. The minimum atomic E-state index is -0.734. The Labute approximate surface area is 131 Å². The van der Waals surface area contributed by atoms with Crippen LogP contribution in [-0.2, 0) is 28.9 Å². The third-order valence-corrected chi connectivity index (χ3v) is 4.97. The summed E-state index contributed by atoms with van der Waals surface area (Å²) in [5.41, 5.74) is 3.93. The van der Waals surface area contributed by atoms with E-state index >= 15 is 0 Å². The summed E-state index contributed by atoms with van der Waals surface area (Å²) in [6, 6.07) is 6.44. The molecule has 0 aromatic heterocycles. The van der Waals surface area contributed by atoms with Crippen molar-refractivity contribution in [2.75, 3.05) is 13.1 Å². The number of aryl methyl sites for hydroxylation is 2. The van der Waals surface area contributed by atoms with Crippen LogP contribution in [0.4, 0.5) is 0 Å². The molecule has 0 saturated carbocycles. The van der Waals surface area contributed by atoms with Crippen LogP contribution in [-0.4, -0.2) is 35.0 Å². The molecule has 1 aliphatic heterocycles. The lowest BCUT2D eigenvalue weighted by Gasteiger charge is -2.30. The molecule has 1 N–H and O–H groups in total. The molecule has 0 bridgehead atoms. The third kappa shape index (κ3) is 3.32. The number of piperidine rings is 1. The van der Waals surface area contributed by atoms with Gasteiger partial charge in [-0.15, -0.1) is 0 Å². The van der Waals surface area contributed by atoms with E-state index in [2.05, 4.69) is 18.2 Å². The molecule has 1 aromatic rings. The summed E-state index contributed by atoms with van der Waals surface area (Å²) in [5.74, 6) is -0.894. The number of fused-ring (bicyclic) bond motifs is 1. The van der Waals surface area contributed by atoms with Crippen molar-refractivity contribution < 1.29 is 14.7 Å². The van der Waals surface area contributed by atoms with E-state index in [0.29, 0.717) is 32.4 Å². The highest BCUT2D eigenvalue weighted by Crippen LogP contribution is 2.23. The summed E-state index contributed by atoms with van der Waals surface area (Å²) in [6.45, 7) is 1.14. The summed E-state index contributed by atoms with van der Waals surface area (Å²) in [6.07, 6.45) is 6.38. The van der Waals surface area contributed by atoms with E-state index < -0.39 is 5.97 Å². The minimum Gasteiger partial charge on any atom is -0.481 e. The number of carboxylic acids is 1. The van der Waals surface area contributed by atoms with Crippen LogP contribution in [0.2, 0.25) is 0 Å². The van der Waals surface area contributed by atoms with Crippen molar-refractivity contribution in [1.82, 2.24) is 4.90 Å².